The first-order chi connectivity index (χ1) is 10.2. The summed E-state index contributed by atoms with van der Waals surface area (Å²) >= 11 is 5.78. The molecule has 1 N–H and O–H groups in total. The Kier molecular flexibility index (Phi) is 5.23. The second-order valence-electron chi connectivity index (χ2n) is 4.26. The van der Waals surface area contributed by atoms with Crippen LogP contribution in [0.3, 0.4) is 0 Å². The van der Waals surface area contributed by atoms with Crippen LogP contribution in [0, 0.1) is 0 Å². The maximum atomic E-state index is 10.9. The van der Waals surface area contributed by atoms with E-state index in [9.17, 15) is 4.79 Å². The van der Waals surface area contributed by atoms with Crippen LogP contribution in [0.2, 0.25) is 5.02 Å². The van der Waals surface area contributed by atoms with E-state index < -0.39 is 5.97 Å². The van der Waals surface area contributed by atoms with E-state index in [0.29, 0.717) is 5.69 Å². The van der Waals surface area contributed by atoms with Crippen LogP contribution in [0.15, 0.2) is 71.0 Å². The summed E-state index contributed by atoms with van der Waals surface area (Å²) < 4.78 is 0. The van der Waals surface area contributed by atoms with Crippen molar-refractivity contribution in [3.05, 3.63) is 77.0 Å². The summed E-state index contributed by atoms with van der Waals surface area (Å²) in [5, 5.41) is 17.0. The lowest BCUT2D eigenvalue weighted by molar-refractivity contribution is 0.0697. The van der Waals surface area contributed by atoms with Gasteiger partial charge in [0, 0.05) is 6.20 Å². The molecule has 0 unspecified atom stereocenters. The number of benzene rings is 2. The van der Waals surface area contributed by atoms with E-state index in [2.05, 4.69) is 10.2 Å². The van der Waals surface area contributed by atoms with Crippen LogP contribution < -0.4 is 0 Å². The third kappa shape index (κ3) is 4.54. The van der Waals surface area contributed by atoms with Gasteiger partial charge in [-0.2, -0.15) is 10.2 Å². The monoisotopic (exact) mass is 300 g/mol. The van der Waals surface area contributed by atoms with Gasteiger partial charge in [-0.3, -0.25) is 0 Å². The molecule has 0 atom stereocenters. The summed E-state index contributed by atoms with van der Waals surface area (Å²) in [6.45, 7) is 0. The van der Waals surface area contributed by atoms with Gasteiger partial charge in [-0.25, -0.2) is 4.79 Å². The van der Waals surface area contributed by atoms with Crippen LogP contribution in [0.1, 0.15) is 15.9 Å². The van der Waals surface area contributed by atoms with E-state index >= 15 is 0 Å². The number of halogens is 1. The quantitative estimate of drug-likeness (QED) is 0.800. The Morgan fingerprint density at radius 2 is 1.95 bits per heavy atom. The fourth-order valence-corrected chi connectivity index (χ4v) is 1.89. The largest absolute Gasteiger partial charge is 0.478 e. The average molecular weight is 301 g/mol. The molecule has 0 aliphatic heterocycles. The molecule has 106 valence electrons. The van der Waals surface area contributed by atoms with Gasteiger partial charge in [-0.15, -0.1) is 0 Å². The molecule has 0 saturated carbocycles. The van der Waals surface area contributed by atoms with Gasteiger partial charge < -0.3 is 5.11 Å². The fourth-order valence-electron chi connectivity index (χ4n) is 1.69. The Morgan fingerprint density at radius 1 is 1.19 bits per heavy atom. The lowest BCUT2D eigenvalue weighted by atomic mass is 10.1. The Labute approximate surface area is 127 Å². The molecule has 2 aromatic rings. The molecule has 4 nitrogen and oxygen atoms in total. The predicted octanol–water partition coefficient (Wildman–Crippen LogP) is 4.88. The second kappa shape index (κ2) is 7.36. The summed E-state index contributed by atoms with van der Waals surface area (Å²) in [7, 11) is 0. The number of nitrogens with zero attached hydrogens (tertiary/aromatic N) is 2. The highest BCUT2D eigenvalue weighted by molar-refractivity contribution is 6.33. The van der Waals surface area contributed by atoms with Crippen LogP contribution in [0.25, 0.3) is 0 Å². The van der Waals surface area contributed by atoms with Crippen molar-refractivity contribution in [1.29, 1.82) is 0 Å². The minimum Gasteiger partial charge on any atom is -0.478 e. The van der Waals surface area contributed by atoms with Gasteiger partial charge in [-0.1, -0.05) is 48.0 Å². The molecule has 2 aromatic carbocycles. The zero-order valence-corrected chi connectivity index (χ0v) is 11.9. The lowest BCUT2D eigenvalue weighted by Gasteiger charge is -1.98. The van der Waals surface area contributed by atoms with Crippen molar-refractivity contribution in [3.63, 3.8) is 0 Å². The van der Waals surface area contributed by atoms with Crippen molar-refractivity contribution in [1.82, 2.24) is 0 Å². The Morgan fingerprint density at radius 3 is 2.67 bits per heavy atom. The van der Waals surface area contributed by atoms with Gasteiger partial charge >= 0.3 is 5.97 Å². The third-order valence-corrected chi connectivity index (χ3v) is 3.05. The molecule has 0 bridgehead atoms. The molecule has 0 aliphatic rings. The van der Waals surface area contributed by atoms with Gasteiger partial charge in [0.15, 0.2) is 0 Å². The molecule has 0 aliphatic carbocycles. The van der Waals surface area contributed by atoms with E-state index in [1.807, 2.05) is 36.4 Å². The summed E-state index contributed by atoms with van der Waals surface area (Å²) in [5.74, 6) is -1.09. The molecule has 0 spiro atoms. The van der Waals surface area contributed by atoms with Gasteiger partial charge in [0.25, 0.3) is 0 Å². The molecule has 0 aromatic heterocycles. The van der Waals surface area contributed by atoms with Crippen LogP contribution >= 0.6 is 11.6 Å². The molecule has 0 radical (unpaired) electrons. The highest BCUT2D eigenvalue weighted by Gasteiger charge is 2.08. The number of hydrogen-bond acceptors (Lipinski definition) is 3. The summed E-state index contributed by atoms with van der Waals surface area (Å²) in [6.07, 6.45) is 4.23. The number of carbonyl (C=O) groups is 1. The third-order valence-electron chi connectivity index (χ3n) is 2.72. The van der Waals surface area contributed by atoms with E-state index in [1.165, 1.54) is 17.7 Å². The lowest BCUT2D eigenvalue weighted by Crippen LogP contribution is -1.96. The number of carboxylic acids is 1. The molecule has 21 heavy (non-hydrogen) atoms. The van der Waals surface area contributed by atoms with E-state index in [0.717, 1.165) is 6.42 Å². The van der Waals surface area contributed by atoms with Gasteiger partial charge in [-0.05, 0) is 30.2 Å². The highest BCUT2D eigenvalue weighted by atomic mass is 35.5. The summed E-state index contributed by atoms with van der Waals surface area (Å²) in [5.41, 5.74) is 1.64. The van der Waals surface area contributed by atoms with Crippen LogP contribution in [0.4, 0.5) is 5.69 Å². The maximum Gasteiger partial charge on any atom is 0.337 e. The molecular formula is C16H13ClN2O2. The minimum absolute atomic E-state index is 0.0152. The SMILES string of the molecule is O=C(O)c1cc(N=N/C=C/Cc2ccccc2)ccc1Cl. The fraction of sp³-hybridized carbons (Fsp3) is 0.0625. The molecule has 2 rings (SSSR count). The van der Waals surface area contributed by atoms with Gasteiger partial charge in [0.1, 0.15) is 0 Å². The van der Waals surface area contributed by atoms with Crippen molar-refractivity contribution in [2.45, 2.75) is 6.42 Å². The molecule has 0 heterocycles. The first-order valence-electron chi connectivity index (χ1n) is 6.29. The van der Waals surface area contributed by atoms with Crippen molar-refractivity contribution >= 4 is 23.3 Å². The Hall–Kier alpha value is -2.46. The smallest absolute Gasteiger partial charge is 0.337 e. The summed E-state index contributed by atoms with van der Waals surface area (Å²) in [4.78, 5) is 10.9. The number of hydrogen-bond donors (Lipinski definition) is 1. The zero-order valence-electron chi connectivity index (χ0n) is 11.1. The number of azo groups is 1. The van der Waals surface area contributed by atoms with E-state index in [4.69, 9.17) is 16.7 Å². The standard InChI is InChI=1S/C16H13ClN2O2/c17-15-9-8-13(11-14(15)16(20)21)19-18-10-4-7-12-5-2-1-3-6-12/h1-6,8-11H,7H2,(H,20,21)/b10-4+,19-18?. The molecule has 0 amide bonds. The van der Waals surface area contributed by atoms with E-state index in [1.54, 1.807) is 12.3 Å². The number of aromatic carboxylic acids is 1. The molecule has 5 heteroatoms. The minimum atomic E-state index is -1.09. The Balaban J connectivity index is 1.98. The van der Waals surface area contributed by atoms with Crippen LogP contribution in [-0.4, -0.2) is 11.1 Å². The van der Waals surface area contributed by atoms with Gasteiger partial charge in [0.05, 0.1) is 16.3 Å². The van der Waals surface area contributed by atoms with Crippen LogP contribution in [0.5, 0.6) is 0 Å². The van der Waals surface area contributed by atoms with Gasteiger partial charge in [0.2, 0.25) is 0 Å². The topological polar surface area (TPSA) is 62.0 Å². The highest BCUT2D eigenvalue weighted by Crippen LogP contribution is 2.22. The molecule has 0 saturated heterocycles. The Bertz CT molecular complexity index is 682. The first-order valence-corrected chi connectivity index (χ1v) is 6.67. The first kappa shape index (κ1) is 14.9. The van der Waals surface area contributed by atoms with Crippen molar-refractivity contribution in [3.8, 4) is 0 Å². The zero-order chi connectivity index (χ0) is 15.1. The molecular weight excluding hydrogens is 288 g/mol. The number of allylic oxidation sites excluding steroid dienone is 1. The second-order valence-corrected chi connectivity index (χ2v) is 4.67. The van der Waals surface area contributed by atoms with Crippen molar-refractivity contribution < 1.29 is 9.90 Å². The van der Waals surface area contributed by atoms with Crippen molar-refractivity contribution in [2.24, 2.45) is 10.2 Å². The maximum absolute atomic E-state index is 10.9. The summed E-state index contributed by atoms with van der Waals surface area (Å²) in [6, 6.07) is 14.5. The van der Waals surface area contributed by atoms with Crippen molar-refractivity contribution in [2.75, 3.05) is 0 Å². The molecule has 0 fully saturated rings. The number of carboxylic acid groups (broad SMARTS) is 1. The average Bonchev–Trinajstić information content (AvgIpc) is 2.49. The normalized spacial score (nSPS) is 11.3. The van der Waals surface area contributed by atoms with Crippen LogP contribution in [-0.2, 0) is 6.42 Å². The number of rotatable bonds is 5. The van der Waals surface area contributed by atoms with E-state index in [-0.39, 0.29) is 10.6 Å². The predicted molar refractivity (Wildman–Crippen MR) is 82.2 cm³/mol.